The second-order valence-corrected chi connectivity index (χ2v) is 23.6. The van der Waals surface area contributed by atoms with E-state index in [4.69, 9.17) is 28.4 Å². The number of hydrogen-bond donors (Lipinski definition) is 0. The summed E-state index contributed by atoms with van der Waals surface area (Å²) in [5.74, 6) is 2.04. The van der Waals surface area contributed by atoms with Gasteiger partial charge >= 0.3 is 11.9 Å². The molecule has 3 aromatic rings. The van der Waals surface area contributed by atoms with E-state index in [-0.39, 0.29) is 24.0 Å². The summed E-state index contributed by atoms with van der Waals surface area (Å²) in [6.07, 6.45) is 16.2. The van der Waals surface area contributed by atoms with Crippen LogP contribution in [-0.4, -0.2) is 11.9 Å². The lowest BCUT2D eigenvalue weighted by atomic mass is 9.92. The quantitative estimate of drug-likeness (QED) is 0.0919. The van der Waals surface area contributed by atoms with Gasteiger partial charge in [0.2, 0.25) is 0 Å². The first-order chi connectivity index (χ1) is 32.6. The van der Waals surface area contributed by atoms with Gasteiger partial charge in [0.25, 0.3) is 0 Å². The zero-order valence-electron chi connectivity index (χ0n) is 41.8. The minimum atomic E-state index is -0.427. The van der Waals surface area contributed by atoms with Crippen molar-refractivity contribution in [3.8, 4) is 0 Å². The van der Waals surface area contributed by atoms with Crippen molar-refractivity contribution < 1.29 is 38.0 Å². The Balaban J connectivity index is 1.23. The zero-order valence-corrected chi connectivity index (χ0v) is 51.3. The summed E-state index contributed by atoms with van der Waals surface area (Å²) in [4.78, 5) is 24.2. The lowest BCUT2D eigenvalue weighted by Crippen LogP contribution is -2.09. The zero-order chi connectivity index (χ0) is 52.2. The minimum Gasteiger partial charge on any atom is -0.489 e. The summed E-state index contributed by atoms with van der Waals surface area (Å²) < 4.78 is 42.1. The predicted molar refractivity (Wildman–Crippen MR) is 300 cm³/mol. The van der Waals surface area contributed by atoms with Gasteiger partial charge in [0.1, 0.15) is 62.7 Å². The lowest BCUT2D eigenvalue weighted by Gasteiger charge is -2.21. The fourth-order valence-corrected chi connectivity index (χ4v) is 11.7. The van der Waals surface area contributed by atoms with Crippen molar-refractivity contribution in [2.45, 2.75) is 123 Å². The van der Waals surface area contributed by atoms with Gasteiger partial charge in [0, 0.05) is 82.2 Å². The standard InChI is InChI=1S/C56H60Br6O8/c1-29(2)53(63)69-27-45-35(9)33(7)43(49(59)51(45)61)25-67-39-17-15-37(19-55(11,12)21-39)65-23-41-31(5)32(6)42(48(58)47(41)57)24-66-38-16-18-40(22-56(13,14)20-38)68-26-44-34(8)36(10)46(52(62)50(44)60)28-70-54(64)30(3)4/h15-22H,1,3,23-28H2,2,4-14H3. The van der Waals surface area contributed by atoms with Crippen LogP contribution in [0.25, 0.3) is 0 Å². The number of carbonyl (C=O) groups is 2. The van der Waals surface area contributed by atoms with Gasteiger partial charge in [-0.3, -0.25) is 0 Å². The van der Waals surface area contributed by atoms with Gasteiger partial charge in [-0.15, -0.1) is 0 Å². The third-order valence-electron chi connectivity index (χ3n) is 12.4. The molecule has 5 rings (SSSR count). The van der Waals surface area contributed by atoms with Crippen LogP contribution in [0.1, 0.15) is 108 Å². The molecule has 0 spiro atoms. The van der Waals surface area contributed by atoms with Crippen molar-refractivity contribution in [1.82, 2.24) is 0 Å². The van der Waals surface area contributed by atoms with Crippen LogP contribution in [0.2, 0.25) is 0 Å². The number of carbonyl (C=O) groups excluding carboxylic acids is 2. The van der Waals surface area contributed by atoms with E-state index in [2.05, 4.69) is 175 Å². The number of benzene rings is 3. The molecule has 0 saturated carbocycles. The Morgan fingerprint density at radius 3 is 0.771 bits per heavy atom. The number of esters is 2. The van der Waals surface area contributed by atoms with Gasteiger partial charge in [-0.05, 0) is 233 Å². The van der Waals surface area contributed by atoms with Gasteiger partial charge in [0.15, 0.2) is 0 Å². The molecule has 2 aliphatic carbocycles. The third-order valence-corrected chi connectivity index (χ3v) is 19.2. The molecular weight excluding hydrogens is 1280 g/mol. The summed E-state index contributed by atoms with van der Waals surface area (Å²) in [6, 6.07) is 0. The molecule has 0 radical (unpaired) electrons. The van der Waals surface area contributed by atoms with Crippen molar-refractivity contribution >= 4 is 108 Å². The van der Waals surface area contributed by atoms with Crippen molar-refractivity contribution in [3.63, 3.8) is 0 Å². The fraction of sp³-hybridized carbons (Fsp3) is 0.357. The fourth-order valence-electron chi connectivity index (χ4n) is 7.74. The van der Waals surface area contributed by atoms with Crippen LogP contribution >= 0.6 is 95.6 Å². The molecule has 8 nitrogen and oxygen atoms in total. The SMILES string of the molecule is C=C(C)C(=O)OCc1c(C)c(C)c(COC2=CC(C)(C)C=C(OCc3c(C)c(C)c(COC4=CC(C)(C)C=C(OCc5c(C)c(C)c(COC(=O)C(=C)C)c(Br)c5Br)C=C4)c(Br)c3Br)C=C2)c(Br)c1Br. The Bertz CT molecular complexity index is 2560. The topological polar surface area (TPSA) is 89.5 Å². The molecule has 0 heterocycles. The summed E-state index contributed by atoms with van der Waals surface area (Å²) >= 11 is 22.8. The predicted octanol–water partition coefficient (Wildman–Crippen LogP) is 17.5. The molecular formula is C56H60Br6O8. The van der Waals surface area contributed by atoms with E-state index >= 15 is 0 Å². The first kappa shape index (κ1) is 57.5. The summed E-state index contributed by atoms with van der Waals surface area (Å²) in [6.45, 7) is 33.0. The maximum absolute atomic E-state index is 12.1. The molecule has 14 heteroatoms. The molecule has 0 bridgehead atoms. The minimum absolute atomic E-state index is 0.129. The van der Waals surface area contributed by atoms with E-state index in [1.165, 1.54) is 0 Å². The first-order valence-electron chi connectivity index (χ1n) is 22.5. The van der Waals surface area contributed by atoms with E-state index in [0.717, 1.165) is 117 Å². The average Bonchev–Trinajstić information content (AvgIpc) is 3.54. The van der Waals surface area contributed by atoms with Crippen LogP contribution < -0.4 is 0 Å². The van der Waals surface area contributed by atoms with Crippen LogP contribution in [0.15, 0.2) is 123 Å². The van der Waals surface area contributed by atoms with Crippen LogP contribution in [0.5, 0.6) is 0 Å². The average molecular weight is 1340 g/mol. The maximum atomic E-state index is 12.1. The van der Waals surface area contributed by atoms with Crippen LogP contribution in [0.3, 0.4) is 0 Å². The Kier molecular flexibility index (Phi) is 19.8. The highest BCUT2D eigenvalue weighted by Crippen LogP contribution is 2.41. The smallest absolute Gasteiger partial charge is 0.333 e. The largest absolute Gasteiger partial charge is 0.489 e. The molecule has 0 saturated heterocycles. The Hall–Kier alpha value is -3.40. The molecule has 3 aromatic carbocycles. The normalized spacial score (nSPS) is 14.9. The molecule has 374 valence electrons. The molecule has 2 aliphatic rings. The van der Waals surface area contributed by atoms with E-state index in [0.29, 0.717) is 37.6 Å². The highest BCUT2D eigenvalue weighted by atomic mass is 79.9. The molecule has 70 heavy (non-hydrogen) atoms. The first-order valence-corrected chi connectivity index (χ1v) is 27.2. The number of rotatable bonds is 18. The number of ether oxygens (including phenoxy) is 6. The lowest BCUT2D eigenvalue weighted by molar-refractivity contribution is -0.141. The van der Waals surface area contributed by atoms with Gasteiger partial charge < -0.3 is 28.4 Å². The number of hydrogen-bond acceptors (Lipinski definition) is 8. The molecule has 0 fully saturated rings. The molecule has 0 N–H and O–H groups in total. The Labute approximate surface area is 464 Å². The van der Waals surface area contributed by atoms with Gasteiger partial charge in [-0.1, -0.05) is 40.9 Å². The second-order valence-electron chi connectivity index (χ2n) is 18.9. The van der Waals surface area contributed by atoms with Crippen molar-refractivity contribution in [2.24, 2.45) is 10.8 Å². The molecule has 0 aromatic heterocycles. The molecule has 0 unspecified atom stereocenters. The monoisotopic (exact) mass is 1330 g/mol. The maximum Gasteiger partial charge on any atom is 0.333 e. The van der Waals surface area contributed by atoms with Crippen LogP contribution in [0.4, 0.5) is 0 Å². The van der Waals surface area contributed by atoms with Gasteiger partial charge in [-0.25, -0.2) is 9.59 Å². The Morgan fingerprint density at radius 1 is 0.400 bits per heavy atom. The molecule has 0 atom stereocenters. The second kappa shape index (κ2) is 24.1. The van der Waals surface area contributed by atoms with Gasteiger partial charge in [0.05, 0.1) is 0 Å². The summed E-state index contributed by atoms with van der Waals surface area (Å²) in [7, 11) is 0. The van der Waals surface area contributed by atoms with Crippen molar-refractivity contribution in [2.75, 3.05) is 0 Å². The van der Waals surface area contributed by atoms with E-state index in [1.807, 2.05) is 52.0 Å². The summed E-state index contributed by atoms with van der Waals surface area (Å²) in [5, 5.41) is 0. The van der Waals surface area contributed by atoms with Gasteiger partial charge in [-0.2, -0.15) is 0 Å². The van der Waals surface area contributed by atoms with E-state index < -0.39 is 11.9 Å². The summed E-state index contributed by atoms with van der Waals surface area (Å²) in [5.41, 5.74) is 12.1. The number of halogens is 6. The Morgan fingerprint density at radius 2 is 0.586 bits per heavy atom. The van der Waals surface area contributed by atoms with Crippen LogP contribution in [0, 0.1) is 52.4 Å². The van der Waals surface area contributed by atoms with Crippen molar-refractivity contribution in [3.05, 3.63) is 190 Å². The highest BCUT2D eigenvalue weighted by molar-refractivity contribution is 9.13. The number of allylic oxidation sites excluding steroid dienone is 8. The highest BCUT2D eigenvalue weighted by Gasteiger charge is 2.25. The third kappa shape index (κ3) is 14.0. The molecule has 0 aliphatic heterocycles. The van der Waals surface area contributed by atoms with E-state index in [9.17, 15) is 9.59 Å². The van der Waals surface area contributed by atoms with Crippen LogP contribution in [-0.2, 0) is 77.7 Å². The van der Waals surface area contributed by atoms with E-state index in [1.54, 1.807) is 13.8 Å². The molecule has 0 amide bonds. The van der Waals surface area contributed by atoms with Crippen molar-refractivity contribution in [1.29, 1.82) is 0 Å².